The molecule has 5 rings (SSSR count). The van der Waals surface area contributed by atoms with Crippen LogP contribution in [0.4, 0.5) is 0 Å². The van der Waals surface area contributed by atoms with Gasteiger partial charge < -0.3 is 4.74 Å². The van der Waals surface area contributed by atoms with Crippen molar-refractivity contribution in [3.8, 4) is 0 Å². The van der Waals surface area contributed by atoms with E-state index in [0.29, 0.717) is 16.7 Å². The average molecular weight is 396 g/mol. The van der Waals surface area contributed by atoms with Gasteiger partial charge in [-0.15, -0.1) is 0 Å². The molecule has 3 nitrogen and oxygen atoms in total. The molecule has 0 amide bonds. The first-order valence-corrected chi connectivity index (χ1v) is 12.0. The number of rotatable bonds is 2. The molecule has 0 bridgehead atoms. The third-order valence-corrected chi connectivity index (χ3v) is 10.0. The van der Waals surface area contributed by atoms with E-state index in [2.05, 4.69) is 37.2 Å². The van der Waals surface area contributed by atoms with Crippen molar-refractivity contribution in [1.29, 1.82) is 0 Å². The SMILES string of the molecule is CC(=O)O[C@H]1CC[C@@]2(C)[C@@H](CC[C@@H]3[C@@H]2CC[C@]2(C)C(c4cccnc4)CC[C@@H]32)C1. The lowest BCUT2D eigenvalue weighted by atomic mass is 9.44. The summed E-state index contributed by atoms with van der Waals surface area (Å²) in [7, 11) is 0. The molecule has 0 aliphatic heterocycles. The van der Waals surface area contributed by atoms with E-state index < -0.39 is 0 Å². The van der Waals surface area contributed by atoms with Crippen LogP contribution < -0.4 is 0 Å². The molecule has 0 saturated heterocycles. The molecule has 8 atom stereocenters. The van der Waals surface area contributed by atoms with Crippen LogP contribution in [0.1, 0.15) is 90.0 Å². The topological polar surface area (TPSA) is 39.2 Å². The van der Waals surface area contributed by atoms with E-state index in [-0.39, 0.29) is 12.1 Å². The second-order valence-corrected chi connectivity index (χ2v) is 11.1. The molecule has 29 heavy (non-hydrogen) atoms. The Kier molecular flexibility index (Phi) is 4.79. The fourth-order valence-electron chi connectivity index (χ4n) is 8.69. The van der Waals surface area contributed by atoms with Gasteiger partial charge in [-0.2, -0.15) is 0 Å². The van der Waals surface area contributed by atoms with Crippen LogP contribution in [0.5, 0.6) is 0 Å². The largest absolute Gasteiger partial charge is 0.463 e. The van der Waals surface area contributed by atoms with Crippen molar-refractivity contribution >= 4 is 5.97 Å². The highest BCUT2D eigenvalue weighted by molar-refractivity contribution is 5.66. The van der Waals surface area contributed by atoms with Gasteiger partial charge in [0, 0.05) is 19.3 Å². The van der Waals surface area contributed by atoms with Gasteiger partial charge in [0.1, 0.15) is 6.10 Å². The van der Waals surface area contributed by atoms with Crippen molar-refractivity contribution < 1.29 is 9.53 Å². The Morgan fingerprint density at radius 1 is 1.03 bits per heavy atom. The van der Waals surface area contributed by atoms with Crippen molar-refractivity contribution in [2.75, 3.05) is 0 Å². The molecule has 1 aromatic heterocycles. The van der Waals surface area contributed by atoms with E-state index in [1.54, 1.807) is 6.92 Å². The molecule has 0 radical (unpaired) electrons. The highest BCUT2D eigenvalue weighted by Gasteiger charge is 2.60. The first-order valence-electron chi connectivity index (χ1n) is 12.0. The van der Waals surface area contributed by atoms with Crippen LogP contribution in [0.25, 0.3) is 0 Å². The summed E-state index contributed by atoms with van der Waals surface area (Å²) in [4.78, 5) is 15.9. The van der Waals surface area contributed by atoms with Gasteiger partial charge in [-0.25, -0.2) is 0 Å². The van der Waals surface area contributed by atoms with Gasteiger partial charge in [-0.1, -0.05) is 19.9 Å². The van der Waals surface area contributed by atoms with E-state index in [1.165, 1.54) is 50.5 Å². The number of hydrogen-bond acceptors (Lipinski definition) is 3. The van der Waals surface area contributed by atoms with Crippen LogP contribution in [-0.2, 0) is 9.53 Å². The second kappa shape index (κ2) is 7.10. The zero-order chi connectivity index (χ0) is 20.2. The number of hydrogen-bond donors (Lipinski definition) is 0. The van der Waals surface area contributed by atoms with Gasteiger partial charge in [-0.3, -0.25) is 9.78 Å². The van der Waals surface area contributed by atoms with E-state index in [4.69, 9.17) is 4.74 Å². The molecular formula is C26H37NO2. The standard InChI is InChI=1S/C26H37NO2/c1-17(28)29-20-10-12-25(2)19(15-20)6-7-21-23-9-8-22(18-5-4-14-27-16-18)26(23,3)13-11-24(21)25/h4-5,14,16,19-24H,6-13,15H2,1-3H3/t19-,20-,21-,22?,23-,24-,25-,26+/m0/s1. The molecule has 3 heteroatoms. The number of nitrogens with zero attached hydrogens (tertiary/aromatic N) is 1. The van der Waals surface area contributed by atoms with Gasteiger partial charge in [0.15, 0.2) is 0 Å². The highest BCUT2D eigenvalue weighted by atomic mass is 16.5. The smallest absolute Gasteiger partial charge is 0.302 e. The molecule has 0 N–H and O–H groups in total. The van der Waals surface area contributed by atoms with Crippen molar-refractivity contribution in [1.82, 2.24) is 4.98 Å². The first-order chi connectivity index (χ1) is 13.9. The Balaban J connectivity index is 1.36. The van der Waals surface area contributed by atoms with Crippen LogP contribution in [0.2, 0.25) is 0 Å². The highest BCUT2D eigenvalue weighted by Crippen LogP contribution is 2.69. The summed E-state index contributed by atoms with van der Waals surface area (Å²) in [6.07, 6.45) is 15.8. The van der Waals surface area contributed by atoms with Crippen LogP contribution in [0.15, 0.2) is 24.5 Å². The minimum Gasteiger partial charge on any atom is -0.463 e. The zero-order valence-electron chi connectivity index (χ0n) is 18.4. The Labute approximate surface area is 176 Å². The van der Waals surface area contributed by atoms with Crippen LogP contribution in [-0.4, -0.2) is 17.1 Å². The summed E-state index contributed by atoms with van der Waals surface area (Å²) >= 11 is 0. The summed E-state index contributed by atoms with van der Waals surface area (Å²) in [5, 5.41) is 0. The number of carbonyl (C=O) groups excluding carboxylic acids is 1. The number of aromatic nitrogens is 1. The summed E-state index contributed by atoms with van der Waals surface area (Å²) in [6.45, 7) is 6.75. The van der Waals surface area contributed by atoms with E-state index in [0.717, 1.165) is 36.5 Å². The lowest BCUT2D eigenvalue weighted by molar-refractivity contribution is -0.159. The predicted octanol–water partition coefficient (Wildman–Crippen LogP) is 6.14. The quantitative estimate of drug-likeness (QED) is 0.565. The van der Waals surface area contributed by atoms with Crippen molar-refractivity contribution in [3.63, 3.8) is 0 Å². The predicted molar refractivity (Wildman–Crippen MR) is 114 cm³/mol. The van der Waals surface area contributed by atoms with E-state index >= 15 is 0 Å². The fourth-order valence-corrected chi connectivity index (χ4v) is 8.69. The van der Waals surface area contributed by atoms with Crippen molar-refractivity contribution in [3.05, 3.63) is 30.1 Å². The Bertz CT molecular complexity index is 763. The third-order valence-electron chi connectivity index (χ3n) is 10.0. The summed E-state index contributed by atoms with van der Waals surface area (Å²) in [5.74, 6) is 3.95. The Hall–Kier alpha value is -1.38. The molecule has 0 spiro atoms. The number of fused-ring (bicyclic) bond motifs is 5. The maximum atomic E-state index is 11.5. The molecule has 1 heterocycles. The maximum Gasteiger partial charge on any atom is 0.302 e. The Morgan fingerprint density at radius 2 is 1.83 bits per heavy atom. The molecule has 0 aromatic carbocycles. The fraction of sp³-hybridized carbons (Fsp3) is 0.769. The number of pyridine rings is 1. The molecule has 4 fully saturated rings. The normalized spacial score (nSPS) is 46.3. The third kappa shape index (κ3) is 3.06. The Morgan fingerprint density at radius 3 is 2.59 bits per heavy atom. The van der Waals surface area contributed by atoms with E-state index in [9.17, 15) is 4.79 Å². The first kappa shape index (κ1) is 19.6. The zero-order valence-corrected chi connectivity index (χ0v) is 18.4. The molecule has 1 unspecified atom stereocenters. The van der Waals surface area contributed by atoms with Gasteiger partial charge in [0.25, 0.3) is 0 Å². The van der Waals surface area contributed by atoms with Crippen LogP contribution in [0, 0.1) is 34.5 Å². The minimum atomic E-state index is -0.104. The molecule has 4 saturated carbocycles. The number of carbonyl (C=O) groups is 1. The summed E-state index contributed by atoms with van der Waals surface area (Å²) in [5.41, 5.74) is 2.37. The van der Waals surface area contributed by atoms with Gasteiger partial charge in [0.05, 0.1) is 0 Å². The van der Waals surface area contributed by atoms with Gasteiger partial charge >= 0.3 is 5.97 Å². The average Bonchev–Trinajstić information content (AvgIpc) is 3.06. The maximum absolute atomic E-state index is 11.5. The summed E-state index contributed by atoms with van der Waals surface area (Å²) in [6, 6.07) is 4.43. The van der Waals surface area contributed by atoms with E-state index in [1.807, 2.05) is 6.20 Å². The van der Waals surface area contributed by atoms with Gasteiger partial charge in [0.2, 0.25) is 0 Å². The van der Waals surface area contributed by atoms with Gasteiger partial charge in [-0.05, 0) is 110 Å². The molecule has 1 aromatic rings. The van der Waals surface area contributed by atoms with Crippen LogP contribution >= 0.6 is 0 Å². The number of ether oxygens (including phenoxy) is 1. The van der Waals surface area contributed by atoms with Crippen molar-refractivity contribution in [2.45, 2.75) is 90.6 Å². The minimum absolute atomic E-state index is 0.104. The summed E-state index contributed by atoms with van der Waals surface area (Å²) < 4.78 is 5.62. The van der Waals surface area contributed by atoms with Crippen molar-refractivity contribution in [2.24, 2.45) is 34.5 Å². The molecular weight excluding hydrogens is 358 g/mol. The van der Waals surface area contributed by atoms with Crippen LogP contribution in [0.3, 0.4) is 0 Å². The molecule has 158 valence electrons. The number of esters is 1. The molecule has 4 aliphatic rings. The monoisotopic (exact) mass is 395 g/mol. The molecule has 4 aliphatic carbocycles. The second-order valence-electron chi connectivity index (χ2n) is 11.1. The lowest BCUT2D eigenvalue weighted by Crippen LogP contribution is -2.54. The lowest BCUT2D eigenvalue weighted by Gasteiger charge is -2.61.